The summed E-state index contributed by atoms with van der Waals surface area (Å²) in [6, 6.07) is 13.7. The van der Waals surface area contributed by atoms with Crippen molar-refractivity contribution in [2.45, 2.75) is 68.5 Å². The molecule has 6 rings (SSSR count). The Morgan fingerprint density at radius 2 is 1.79 bits per heavy atom. The molecule has 4 aliphatic rings. The summed E-state index contributed by atoms with van der Waals surface area (Å²) in [5, 5.41) is 10.2. The molecule has 2 fully saturated rings. The third kappa shape index (κ3) is 4.92. The van der Waals surface area contributed by atoms with Crippen molar-refractivity contribution in [1.29, 1.82) is 0 Å². The molecule has 2 aliphatic carbocycles. The lowest BCUT2D eigenvalue weighted by atomic mass is 9.71. The minimum Gasteiger partial charge on any atom is -0.390 e. The molecule has 2 heterocycles. The van der Waals surface area contributed by atoms with Crippen LogP contribution in [0.5, 0.6) is 0 Å². The van der Waals surface area contributed by atoms with Gasteiger partial charge in [0.2, 0.25) is 5.91 Å². The molecule has 0 bridgehead atoms. The Kier molecular flexibility index (Phi) is 8.95. The number of hydrogen-bond donors (Lipinski definition) is 2. The topological polar surface area (TPSA) is 73.0 Å². The number of aryl methyl sites for hydroxylation is 1. The lowest BCUT2D eigenvalue weighted by Crippen LogP contribution is -2.57. The molecule has 9 heteroatoms. The van der Waals surface area contributed by atoms with Crippen LogP contribution >= 0.6 is 24.8 Å². The molecular weight excluding hydrogens is 526 g/mol. The Morgan fingerprint density at radius 3 is 2.50 bits per heavy atom. The highest BCUT2D eigenvalue weighted by atomic mass is 35.5. The quantitative estimate of drug-likeness (QED) is 0.563. The van der Waals surface area contributed by atoms with Gasteiger partial charge in [-0.1, -0.05) is 18.2 Å². The molecule has 2 aromatic carbocycles. The Hall–Kier alpha value is -1.90. The van der Waals surface area contributed by atoms with Gasteiger partial charge in [-0.05, 0) is 91.8 Å². The van der Waals surface area contributed by atoms with Gasteiger partial charge in [0.05, 0.1) is 12.8 Å². The van der Waals surface area contributed by atoms with Crippen molar-refractivity contribution in [1.82, 2.24) is 9.80 Å². The number of halogens is 3. The number of hydrogen-bond acceptors (Lipinski definition) is 5. The molecule has 1 amide bonds. The molecule has 1 spiro atoms. The molecule has 3 atom stereocenters. The van der Waals surface area contributed by atoms with Crippen molar-refractivity contribution in [3.8, 4) is 0 Å². The van der Waals surface area contributed by atoms with Crippen LogP contribution in [0.4, 0.5) is 10.1 Å². The van der Waals surface area contributed by atoms with E-state index < -0.39 is 11.6 Å². The van der Waals surface area contributed by atoms with E-state index in [4.69, 9.17) is 5.73 Å². The second-order valence-electron chi connectivity index (χ2n) is 11.1. The molecule has 3 unspecified atom stereocenters. The lowest BCUT2D eigenvalue weighted by Gasteiger charge is -2.47. The number of carbonyl (C=O) groups excluding carboxylic acids is 1. The number of amides is 1. The smallest absolute Gasteiger partial charge is 0.250 e. The van der Waals surface area contributed by atoms with Crippen LogP contribution in [0.15, 0.2) is 42.5 Å². The predicted octanol–water partition coefficient (Wildman–Crippen LogP) is 4.38. The minimum absolute atomic E-state index is 0. The summed E-state index contributed by atoms with van der Waals surface area (Å²) < 4.78 is 13.7. The van der Waals surface area contributed by atoms with Crippen LogP contribution in [0.1, 0.15) is 67.2 Å². The zero-order chi connectivity index (χ0) is 24.9. The third-order valence-electron chi connectivity index (χ3n) is 9.21. The molecule has 2 aromatic rings. The number of benzene rings is 2. The fourth-order valence-corrected chi connectivity index (χ4v) is 7.39. The van der Waals surface area contributed by atoms with Gasteiger partial charge in [0.1, 0.15) is 11.4 Å². The molecule has 208 valence electrons. The van der Waals surface area contributed by atoms with Gasteiger partial charge in [0.25, 0.3) is 0 Å². The van der Waals surface area contributed by atoms with Crippen LogP contribution in [0, 0.1) is 5.82 Å². The van der Waals surface area contributed by atoms with E-state index in [-0.39, 0.29) is 49.6 Å². The fourth-order valence-electron chi connectivity index (χ4n) is 7.39. The Bertz CT molecular complexity index is 1130. The highest BCUT2D eigenvalue weighted by molar-refractivity contribution is 5.93. The molecular formula is C29H39Cl2FN4O2. The van der Waals surface area contributed by atoms with Gasteiger partial charge in [-0.15, -0.1) is 24.8 Å². The number of nitrogens with two attached hydrogens (primary N) is 1. The standard InChI is InChI=1S/C29H37FN4O2.2ClH/c30-22-8-10-23(11-9-22)34-19-33(18-24(35)17-31)28(36)29(34)13-15-32(16-14-29)26-12-7-21-4-1-3-20-5-2-6-25(26)27(20)21;;/h2,5-6,8-11,21,24,26,35H,1,3-4,7,12-19,31H2;2*1H. The summed E-state index contributed by atoms with van der Waals surface area (Å²) in [7, 11) is 0. The van der Waals surface area contributed by atoms with E-state index in [9.17, 15) is 14.3 Å². The van der Waals surface area contributed by atoms with E-state index >= 15 is 0 Å². The van der Waals surface area contributed by atoms with Crippen LogP contribution in [0.2, 0.25) is 0 Å². The van der Waals surface area contributed by atoms with Crippen molar-refractivity contribution in [3.63, 3.8) is 0 Å². The summed E-state index contributed by atoms with van der Waals surface area (Å²) in [5.41, 5.74) is 10.5. The van der Waals surface area contributed by atoms with Gasteiger partial charge in [0, 0.05) is 37.9 Å². The Labute approximate surface area is 237 Å². The van der Waals surface area contributed by atoms with Crippen LogP contribution in [-0.4, -0.2) is 65.3 Å². The zero-order valence-electron chi connectivity index (χ0n) is 21.7. The van der Waals surface area contributed by atoms with Crippen LogP contribution in [0.3, 0.4) is 0 Å². The van der Waals surface area contributed by atoms with Gasteiger partial charge >= 0.3 is 0 Å². The maximum Gasteiger partial charge on any atom is 0.250 e. The van der Waals surface area contributed by atoms with Gasteiger partial charge < -0.3 is 20.6 Å². The first-order chi connectivity index (χ1) is 17.5. The van der Waals surface area contributed by atoms with E-state index in [0.29, 0.717) is 31.5 Å². The van der Waals surface area contributed by atoms with Crippen molar-refractivity contribution >= 4 is 36.4 Å². The summed E-state index contributed by atoms with van der Waals surface area (Å²) in [6.45, 7) is 2.41. The van der Waals surface area contributed by atoms with Crippen molar-refractivity contribution in [3.05, 3.63) is 65.0 Å². The molecule has 0 aromatic heterocycles. The Morgan fingerprint density at radius 1 is 1.05 bits per heavy atom. The van der Waals surface area contributed by atoms with Crippen molar-refractivity contribution < 1.29 is 14.3 Å². The second-order valence-corrected chi connectivity index (χ2v) is 11.1. The monoisotopic (exact) mass is 564 g/mol. The number of β-amino-alcohol motifs (C(OH)–C–C–N with tert-alkyl or cyclic N) is 1. The number of carbonyl (C=O) groups is 1. The van der Waals surface area contributed by atoms with E-state index in [1.807, 2.05) is 0 Å². The molecule has 6 nitrogen and oxygen atoms in total. The van der Waals surface area contributed by atoms with Crippen molar-refractivity contribution in [2.24, 2.45) is 5.73 Å². The fraction of sp³-hybridized carbons (Fsp3) is 0.552. The lowest BCUT2D eigenvalue weighted by molar-refractivity contribution is -0.135. The summed E-state index contributed by atoms with van der Waals surface area (Å²) >= 11 is 0. The summed E-state index contributed by atoms with van der Waals surface area (Å²) in [6.07, 6.45) is 6.92. The van der Waals surface area contributed by atoms with Crippen LogP contribution in [-0.2, 0) is 11.2 Å². The maximum absolute atomic E-state index is 13.8. The first-order valence-electron chi connectivity index (χ1n) is 13.6. The predicted molar refractivity (Wildman–Crippen MR) is 153 cm³/mol. The normalized spacial score (nSPS) is 25.0. The van der Waals surface area contributed by atoms with E-state index in [1.54, 1.807) is 28.2 Å². The number of anilines is 1. The molecule has 0 saturated carbocycles. The highest BCUT2D eigenvalue weighted by Crippen LogP contribution is 2.48. The number of aliphatic hydroxyl groups is 1. The number of rotatable bonds is 5. The molecule has 2 saturated heterocycles. The van der Waals surface area contributed by atoms with Gasteiger partial charge in [-0.2, -0.15) is 0 Å². The average molecular weight is 566 g/mol. The zero-order valence-corrected chi connectivity index (χ0v) is 23.4. The summed E-state index contributed by atoms with van der Waals surface area (Å²) in [4.78, 5) is 20.3. The maximum atomic E-state index is 13.8. The minimum atomic E-state index is -0.751. The molecule has 38 heavy (non-hydrogen) atoms. The summed E-state index contributed by atoms with van der Waals surface area (Å²) in [5.74, 6) is 0.482. The molecule has 0 radical (unpaired) electrons. The first-order valence-corrected chi connectivity index (χ1v) is 13.6. The number of piperidine rings is 1. The highest BCUT2D eigenvalue weighted by Gasteiger charge is 2.54. The largest absolute Gasteiger partial charge is 0.390 e. The SMILES string of the molecule is Cl.Cl.NCC(O)CN1CN(c2ccc(F)cc2)C2(CCN(C3CCC4CCCc5cccc3c54)CC2)C1=O. The number of likely N-dealkylation sites (tertiary alicyclic amines) is 1. The second kappa shape index (κ2) is 11.7. The van der Waals surface area contributed by atoms with Gasteiger partial charge in [-0.25, -0.2) is 4.39 Å². The van der Waals surface area contributed by atoms with Crippen molar-refractivity contribution in [2.75, 3.05) is 37.7 Å². The molecule has 3 N–H and O–H groups in total. The Balaban J connectivity index is 0.00000168. The van der Waals surface area contributed by atoms with Gasteiger partial charge in [0.15, 0.2) is 0 Å². The third-order valence-corrected chi connectivity index (χ3v) is 9.21. The average Bonchev–Trinajstić information content (AvgIpc) is 3.16. The van der Waals surface area contributed by atoms with Crippen LogP contribution in [0.25, 0.3) is 0 Å². The van der Waals surface area contributed by atoms with Crippen LogP contribution < -0.4 is 10.6 Å². The van der Waals surface area contributed by atoms with Gasteiger partial charge in [-0.3, -0.25) is 9.69 Å². The van der Waals surface area contributed by atoms with E-state index in [0.717, 1.165) is 18.8 Å². The number of nitrogens with zero attached hydrogens (tertiary/aromatic N) is 3. The van der Waals surface area contributed by atoms with E-state index in [2.05, 4.69) is 28.0 Å². The first kappa shape index (κ1) is 29.1. The van der Waals surface area contributed by atoms with E-state index in [1.165, 1.54) is 49.8 Å². The molecule has 2 aliphatic heterocycles. The number of aliphatic hydroxyl groups excluding tert-OH is 1.